The van der Waals surface area contributed by atoms with Crippen molar-refractivity contribution in [3.05, 3.63) is 0 Å². The van der Waals surface area contributed by atoms with Crippen molar-refractivity contribution in [3.63, 3.8) is 0 Å². The number of nitrogens with zero attached hydrogens (tertiary/aromatic N) is 1. The van der Waals surface area contributed by atoms with E-state index >= 15 is 0 Å². The van der Waals surface area contributed by atoms with Gasteiger partial charge in [0.25, 0.3) is 0 Å². The lowest BCUT2D eigenvalue weighted by atomic mass is 9.78. The van der Waals surface area contributed by atoms with Crippen LogP contribution in [0.15, 0.2) is 0 Å². The van der Waals surface area contributed by atoms with Crippen LogP contribution >= 0.6 is 12.4 Å². The molecule has 2 rings (SSSR count). The van der Waals surface area contributed by atoms with Gasteiger partial charge in [0.2, 0.25) is 0 Å². The highest BCUT2D eigenvalue weighted by atomic mass is 35.5. The molecule has 0 unspecified atom stereocenters. The van der Waals surface area contributed by atoms with Gasteiger partial charge in [0.1, 0.15) is 5.60 Å². The van der Waals surface area contributed by atoms with E-state index in [0.29, 0.717) is 5.41 Å². The molecule has 0 atom stereocenters. The maximum atomic E-state index is 12.0. The molecule has 2 aliphatic heterocycles. The van der Waals surface area contributed by atoms with E-state index in [2.05, 4.69) is 5.32 Å². The summed E-state index contributed by atoms with van der Waals surface area (Å²) in [6.45, 7) is 9.66. The molecule has 2 heterocycles. The van der Waals surface area contributed by atoms with E-state index in [-0.39, 0.29) is 24.1 Å². The highest BCUT2D eigenvalue weighted by molar-refractivity contribution is 5.85. The summed E-state index contributed by atoms with van der Waals surface area (Å²) in [6.07, 6.45) is 3.36. The van der Waals surface area contributed by atoms with Gasteiger partial charge in [0.15, 0.2) is 0 Å². The van der Waals surface area contributed by atoms with E-state index in [0.717, 1.165) is 32.6 Å². The molecule has 0 saturated carbocycles. The van der Waals surface area contributed by atoms with Gasteiger partial charge in [-0.1, -0.05) is 0 Å². The smallest absolute Gasteiger partial charge is 0.410 e. The second-order valence-corrected chi connectivity index (χ2v) is 6.40. The number of piperidine rings is 1. The molecule has 106 valence electrons. The van der Waals surface area contributed by atoms with Crippen molar-refractivity contribution < 1.29 is 9.53 Å². The normalized spacial score (nSPS) is 22.7. The average Bonchev–Trinajstić information content (AvgIpc) is 2.61. The van der Waals surface area contributed by atoms with Crippen LogP contribution in [-0.4, -0.2) is 42.8 Å². The van der Waals surface area contributed by atoms with Crippen molar-refractivity contribution in [2.45, 2.75) is 45.6 Å². The first-order chi connectivity index (χ1) is 7.90. The summed E-state index contributed by atoms with van der Waals surface area (Å²) in [7, 11) is 0. The first-order valence-electron chi connectivity index (χ1n) is 6.59. The van der Waals surface area contributed by atoms with Crippen LogP contribution in [0.5, 0.6) is 0 Å². The predicted molar refractivity (Wildman–Crippen MR) is 74.2 cm³/mol. The first-order valence-corrected chi connectivity index (χ1v) is 6.59. The maximum absolute atomic E-state index is 12.0. The topological polar surface area (TPSA) is 41.6 Å². The Morgan fingerprint density at radius 3 is 2.39 bits per heavy atom. The molecule has 1 N–H and O–H groups in total. The van der Waals surface area contributed by atoms with Crippen molar-refractivity contribution in [3.8, 4) is 0 Å². The van der Waals surface area contributed by atoms with E-state index in [9.17, 15) is 4.79 Å². The Labute approximate surface area is 116 Å². The highest BCUT2D eigenvalue weighted by Gasteiger charge is 2.41. The third-order valence-electron chi connectivity index (χ3n) is 3.75. The quantitative estimate of drug-likeness (QED) is 0.739. The molecular formula is C13H25ClN2O2. The highest BCUT2D eigenvalue weighted by Crippen LogP contribution is 2.38. The first kappa shape index (κ1) is 15.6. The second-order valence-electron chi connectivity index (χ2n) is 6.40. The number of hydrogen-bond acceptors (Lipinski definition) is 3. The average molecular weight is 277 g/mol. The van der Waals surface area contributed by atoms with Gasteiger partial charge in [-0.2, -0.15) is 0 Å². The largest absolute Gasteiger partial charge is 0.444 e. The lowest BCUT2D eigenvalue weighted by Crippen LogP contribution is -2.41. The Morgan fingerprint density at radius 2 is 1.83 bits per heavy atom. The van der Waals surface area contributed by atoms with Gasteiger partial charge in [-0.3, -0.25) is 0 Å². The lowest BCUT2D eigenvalue weighted by molar-refractivity contribution is 0.0264. The zero-order valence-electron chi connectivity index (χ0n) is 11.6. The molecular weight excluding hydrogens is 252 g/mol. The minimum atomic E-state index is -0.388. The van der Waals surface area contributed by atoms with E-state index in [4.69, 9.17) is 4.74 Å². The fourth-order valence-electron chi connectivity index (χ4n) is 2.78. The van der Waals surface area contributed by atoms with Gasteiger partial charge in [-0.05, 0) is 58.5 Å². The molecule has 18 heavy (non-hydrogen) atoms. The van der Waals surface area contributed by atoms with Crippen LogP contribution < -0.4 is 5.32 Å². The molecule has 0 radical (unpaired) electrons. The molecule has 0 aliphatic carbocycles. The summed E-state index contributed by atoms with van der Waals surface area (Å²) < 4.78 is 5.43. The van der Waals surface area contributed by atoms with Crippen molar-refractivity contribution in [2.75, 3.05) is 26.2 Å². The second kappa shape index (κ2) is 5.66. The van der Waals surface area contributed by atoms with Gasteiger partial charge >= 0.3 is 6.09 Å². The number of ether oxygens (including phenoxy) is 1. The third-order valence-corrected chi connectivity index (χ3v) is 3.75. The molecule has 1 amide bonds. The molecule has 2 saturated heterocycles. The zero-order valence-corrected chi connectivity index (χ0v) is 12.4. The van der Waals surface area contributed by atoms with Gasteiger partial charge in [-0.25, -0.2) is 4.79 Å². The summed E-state index contributed by atoms with van der Waals surface area (Å²) in [5, 5.41) is 3.38. The number of likely N-dealkylation sites (tertiary alicyclic amines) is 1. The summed E-state index contributed by atoms with van der Waals surface area (Å²) in [4.78, 5) is 13.9. The van der Waals surface area contributed by atoms with Crippen LogP contribution in [0.2, 0.25) is 0 Å². The van der Waals surface area contributed by atoms with Crippen LogP contribution in [0, 0.1) is 5.41 Å². The molecule has 0 bridgehead atoms. The van der Waals surface area contributed by atoms with Crippen molar-refractivity contribution in [1.29, 1.82) is 0 Å². The fourth-order valence-corrected chi connectivity index (χ4v) is 2.78. The van der Waals surface area contributed by atoms with Gasteiger partial charge in [-0.15, -0.1) is 12.4 Å². The predicted octanol–water partition coefficient (Wildman–Crippen LogP) is 2.42. The maximum Gasteiger partial charge on any atom is 0.410 e. The molecule has 4 nitrogen and oxygen atoms in total. The number of hydrogen-bond donors (Lipinski definition) is 1. The van der Waals surface area contributed by atoms with E-state index < -0.39 is 0 Å². The summed E-state index contributed by atoms with van der Waals surface area (Å²) in [5.41, 5.74) is -0.0247. The molecule has 0 aromatic rings. The molecule has 2 fully saturated rings. The SMILES string of the molecule is CC(C)(C)OC(=O)N1CCC2(CCNCC2)C1.Cl. The summed E-state index contributed by atoms with van der Waals surface area (Å²) in [6, 6.07) is 0. The monoisotopic (exact) mass is 276 g/mol. The number of carbonyl (C=O) groups excluding carboxylic acids is 1. The van der Waals surface area contributed by atoms with Crippen LogP contribution in [0.25, 0.3) is 0 Å². The Morgan fingerprint density at radius 1 is 1.22 bits per heavy atom. The van der Waals surface area contributed by atoms with Gasteiger partial charge in [0, 0.05) is 13.1 Å². The minimum Gasteiger partial charge on any atom is -0.444 e. The van der Waals surface area contributed by atoms with Crippen LogP contribution in [0.4, 0.5) is 4.79 Å². The lowest BCUT2D eigenvalue weighted by Gasteiger charge is -2.33. The van der Waals surface area contributed by atoms with Gasteiger partial charge in [0.05, 0.1) is 0 Å². The molecule has 5 heteroatoms. The van der Waals surface area contributed by atoms with Crippen LogP contribution in [0.1, 0.15) is 40.0 Å². The Kier molecular flexibility index (Phi) is 4.90. The van der Waals surface area contributed by atoms with Crippen LogP contribution in [0.3, 0.4) is 0 Å². The number of amides is 1. The number of halogens is 1. The van der Waals surface area contributed by atoms with E-state index in [1.54, 1.807) is 0 Å². The number of nitrogens with one attached hydrogen (secondary N) is 1. The summed E-state index contributed by atoms with van der Waals surface area (Å²) in [5.74, 6) is 0. The van der Waals surface area contributed by atoms with E-state index in [1.165, 1.54) is 12.8 Å². The molecule has 0 aromatic heterocycles. The standard InChI is InChI=1S/C13H24N2O2.ClH/c1-12(2,3)17-11(16)15-9-6-13(10-15)4-7-14-8-5-13;/h14H,4-10H2,1-3H3;1H. The van der Waals surface area contributed by atoms with Crippen molar-refractivity contribution in [2.24, 2.45) is 5.41 Å². The number of rotatable bonds is 0. The van der Waals surface area contributed by atoms with Gasteiger partial charge < -0.3 is 15.0 Å². The molecule has 2 aliphatic rings. The Hall–Kier alpha value is -0.480. The third kappa shape index (κ3) is 3.75. The van der Waals surface area contributed by atoms with Crippen molar-refractivity contribution in [1.82, 2.24) is 10.2 Å². The Balaban J connectivity index is 0.00000162. The fraction of sp³-hybridized carbons (Fsp3) is 0.923. The molecule has 1 spiro atoms. The molecule has 0 aromatic carbocycles. The zero-order chi connectivity index (χ0) is 12.5. The van der Waals surface area contributed by atoms with E-state index in [1.807, 2.05) is 25.7 Å². The minimum absolute atomic E-state index is 0. The van der Waals surface area contributed by atoms with Crippen LogP contribution in [-0.2, 0) is 4.74 Å². The number of carbonyl (C=O) groups is 1. The Bertz CT molecular complexity index is 296. The van der Waals surface area contributed by atoms with Crippen molar-refractivity contribution >= 4 is 18.5 Å². The summed E-state index contributed by atoms with van der Waals surface area (Å²) >= 11 is 0.